The fourth-order valence-corrected chi connectivity index (χ4v) is 3.38. The summed E-state index contributed by atoms with van der Waals surface area (Å²) in [7, 11) is 0. The second-order valence-corrected chi connectivity index (χ2v) is 6.89. The largest absolute Gasteiger partial charge is 0.368 e. The third kappa shape index (κ3) is 4.00. The number of piperazine rings is 1. The Morgan fingerprint density at radius 3 is 2.37 bits per heavy atom. The summed E-state index contributed by atoms with van der Waals surface area (Å²) in [4.78, 5) is 9.26. The van der Waals surface area contributed by atoms with Crippen LogP contribution in [-0.4, -0.2) is 41.4 Å². The second-order valence-electron chi connectivity index (χ2n) is 6.89. The van der Waals surface area contributed by atoms with Crippen molar-refractivity contribution >= 4 is 23.1 Å². The van der Waals surface area contributed by atoms with Gasteiger partial charge in [-0.3, -0.25) is 0 Å². The molecule has 0 aliphatic carbocycles. The fourth-order valence-electron chi connectivity index (χ4n) is 3.38. The molecule has 1 aromatic heterocycles. The van der Waals surface area contributed by atoms with Gasteiger partial charge >= 0.3 is 0 Å². The number of aryl methyl sites for hydroxylation is 2. The van der Waals surface area contributed by atoms with Crippen LogP contribution in [0.4, 0.5) is 23.1 Å². The number of benzene rings is 2. The van der Waals surface area contributed by atoms with Crippen LogP contribution in [0.1, 0.15) is 11.1 Å². The molecular formula is C21H24N6. The van der Waals surface area contributed by atoms with Crippen molar-refractivity contribution in [3.8, 4) is 0 Å². The molecule has 138 valence electrons. The van der Waals surface area contributed by atoms with Crippen LogP contribution in [0.2, 0.25) is 0 Å². The quantitative estimate of drug-likeness (QED) is 0.768. The first-order valence-electron chi connectivity index (χ1n) is 9.28. The standard InChI is InChI=1S/C21H24N6/c1-16-8-9-19(17(2)14-16)23-20-15-22-25-21(24-20)27-12-10-26(11-13-27)18-6-4-3-5-7-18/h3-9,14-15H,10-13H2,1-2H3,(H,23,24,25). The average Bonchev–Trinajstić information content (AvgIpc) is 2.71. The van der Waals surface area contributed by atoms with E-state index in [2.05, 4.69) is 86.6 Å². The van der Waals surface area contributed by atoms with Gasteiger partial charge in [-0.15, -0.1) is 5.10 Å². The first-order valence-corrected chi connectivity index (χ1v) is 9.28. The van der Waals surface area contributed by atoms with Crippen LogP contribution in [0.25, 0.3) is 0 Å². The third-order valence-corrected chi connectivity index (χ3v) is 4.88. The van der Waals surface area contributed by atoms with Crippen molar-refractivity contribution in [2.75, 3.05) is 41.3 Å². The molecule has 0 saturated carbocycles. The van der Waals surface area contributed by atoms with Gasteiger partial charge in [0.15, 0.2) is 5.82 Å². The zero-order valence-corrected chi connectivity index (χ0v) is 15.8. The van der Waals surface area contributed by atoms with E-state index in [1.54, 1.807) is 6.20 Å². The maximum absolute atomic E-state index is 4.68. The Balaban J connectivity index is 1.44. The smallest absolute Gasteiger partial charge is 0.247 e. The number of anilines is 4. The lowest BCUT2D eigenvalue weighted by Crippen LogP contribution is -2.47. The molecule has 1 N–H and O–H groups in total. The molecule has 0 amide bonds. The number of hydrogen-bond donors (Lipinski definition) is 1. The van der Waals surface area contributed by atoms with E-state index < -0.39 is 0 Å². The number of rotatable bonds is 4. The van der Waals surface area contributed by atoms with E-state index in [1.165, 1.54) is 16.8 Å². The Hall–Kier alpha value is -3.15. The Morgan fingerprint density at radius 1 is 0.889 bits per heavy atom. The maximum Gasteiger partial charge on any atom is 0.247 e. The molecule has 0 radical (unpaired) electrons. The summed E-state index contributed by atoms with van der Waals surface area (Å²) >= 11 is 0. The maximum atomic E-state index is 4.68. The molecule has 2 aromatic carbocycles. The predicted octanol–water partition coefficient (Wildman–Crippen LogP) is 3.56. The monoisotopic (exact) mass is 360 g/mol. The lowest BCUT2D eigenvalue weighted by Gasteiger charge is -2.35. The minimum atomic E-state index is 0.678. The van der Waals surface area contributed by atoms with Crippen LogP contribution in [0, 0.1) is 13.8 Å². The van der Waals surface area contributed by atoms with Gasteiger partial charge in [-0.05, 0) is 37.6 Å². The number of para-hydroxylation sites is 1. The molecular weight excluding hydrogens is 336 g/mol. The fraction of sp³-hybridized carbons (Fsp3) is 0.286. The first kappa shape index (κ1) is 17.3. The summed E-state index contributed by atoms with van der Waals surface area (Å²) < 4.78 is 0. The van der Waals surface area contributed by atoms with Crippen molar-refractivity contribution in [1.82, 2.24) is 15.2 Å². The van der Waals surface area contributed by atoms with Crippen LogP contribution in [0.5, 0.6) is 0 Å². The average molecular weight is 360 g/mol. The van der Waals surface area contributed by atoms with E-state index in [1.807, 2.05) is 6.07 Å². The van der Waals surface area contributed by atoms with Gasteiger partial charge in [0.05, 0.1) is 6.20 Å². The van der Waals surface area contributed by atoms with E-state index in [-0.39, 0.29) is 0 Å². The van der Waals surface area contributed by atoms with E-state index in [4.69, 9.17) is 0 Å². The highest BCUT2D eigenvalue weighted by Crippen LogP contribution is 2.22. The Kier molecular flexibility index (Phi) is 4.87. The summed E-state index contributed by atoms with van der Waals surface area (Å²) in [5.41, 5.74) is 4.74. The molecule has 0 spiro atoms. The minimum Gasteiger partial charge on any atom is -0.368 e. The lowest BCUT2D eigenvalue weighted by molar-refractivity contribution is 0.635. The SMILES string of the molecule is Cc1ccc(Nc2cnnc(N3CCN(c4ccccc4)CC3)n2)c(C)c1. The highest BCUT2D eigenvalue weighted by Gasteiger charge is 2.19. The summed E-state index contributed by atoms with van der Waals surface area (Å²) in [5.74, 6) is 1.40. The number of hydrogen-bond acceptors (Lipinski definition) is 6. The lowest BCUT2D eigenvalue weighted by atomic mass is 10.1. The summed E-state index contributed by atoms with van der Waals surface area (Å²) in [6.45, 7) is 7.83. The van der Waals surface area contributed by atoms with E-state index >= 15 is 0 Å². The highest BCUT2D eigenvalue weighted by atomic mass is 15.4. The van der Waals surface area contributed by atoms with Crippen LogP contribution in [0.3, 0.4) is 0 Å². The molecule has 6 nitrogen and oxygen atoms in total. The van der Waals surface area contributed by atoms with Gasteiger partial charge in [-0.1, -0.05) is 35.9 Å². The van der Waals surface area contributed by atoms with E-state index in [0.717, 1.165) is 37.7 Å². The van der Waals surface area contributed by atoms with Crippen LogP contribution in [-0.2, 0) is 0 Å². The second kappa shape index (κ2) is 7.61. The summed E-state index contributed by atoms with van der Waals surface area (Å²) in [5, 5.41) is 11.8. The van der Waals surface area contributed by atoms with Crippen LogP contribution >= 0.6 is 0 Å². The molecule has 4 rings (SSSR count). The zero-order chi connectivity index (χ0) is 18.6. The Bertz CT molecular complexity index is 904. The van der Waals surface area contributed by atoms with Crippen molar-refractivity contribution in [2.45, 2.75) is 13.8 Å². The summed E-state index contributed by atoms with van der Waals surface area (Å²) in [6.07, 6.45) is 1.67. The van der Waals surface area contributed by atoms with Gasteiger partial charge in [0.1, 0.15) is 0 Å². The molecule has 0 unspecified atom stereocenters. The minimum absolute atomic E-state index is 0.678. The van der Waals surface area contributed by atoms with Crippen LogP contribution < -0.4 is 15.1 Å². The van der Waals surface area contributed by atoms with E-state index in [9.17, 15) is 0 Å². The summed E-state index contributed by atoms with van der Waals surface area (Å²) in [6, 6.07) is 16.8. The first-order chi connectivity index (χ1) is 13.2. The molecule has 6 heteroatoms. The Labute approximate surface area is 159 Å². The van der Waals surface area contributed by atoms with E-state index in [0.29, 0.717) is 5.95 Å². The van der Waals surface area contributed by atoms with Gasteiger partial charge in [0.25, 0.3) is 0 Å². The number of nitrogens with one attached hydrogen (secondary N) is 1. The normalized spacial score (nSPS) is 14.3. The van der Waals surface area contributed by atoms with Gasteiger partial charge in [0.2, 0.25) is 5.95 Å². The van der Waals surface area contributed by atoms with Crippen molar-refractivity contribution in [2.24, 2.45) is 0 Å². The number of nitrogens with zero attached hydrogens (tertiary/aromatic N) is 5. The molecule has 2 heterocycles. The topological polar surface area (TPSA) is 57.2 Å². The van der Waals surface area contributed by atoms with Crippen molar-refractivity contribution in [1.29, 1.82) is 0 Å². The van der Waals surface area contributed by atoms with Crippen molar-refractivity contribution < 1.29 is 0 Å². The highest BCUT2D eigenvalue weighted by molar-refractivity contribution is 5.61. The van der Waals surface area contributed by atoms with Gasteiger partial charge < -0.3 is 15.1 Å². The molecule has 0 bridgehead atoms. The Morgan fingerprint density at radius 2 is 1.63 bits per heavy atom. The number of aromatic nitrogens is 3. The molecule has 1 aliphatic rings. The van der Waals surface area contributed by atoms with Crippen molar-refractivity contribution in [3.05, 3.63) is 65.9 Å². The molecule has 1 saturated heterocycles. The van der Waals surface area contributed by atoms with Gasteiger partial charge in [-0.2, -0.15) is 10.1 Å². The van der Waals surface area contributed by atoms with Gasteiger partial charge in [0, 0.05) is 37.6 Å². The zero-order valence-electron chi connectivity index (χ0n) is 15.8. The third-order valence-electron chi connectivity index (χ3n) is 4.88. The molecule has 3 aromatic rings. The molecule has 0 atom stereocenters. The van der Waals surface area contributed by atoms with Crippen molar-refractivity contribution in [3.63, 3.8) is 0 Å². The predicted molar refractivity (Wildman–Crippen MR) is 110 cm³/mol. The molecule has 27 heavy (non-hydrogen) atoms. The molecule has 1 aliphatic heterocycles. The molecule has 1 fully saturated rings. The van der Waals surface area contributed by atoms with Crippen LogP contribution in [0.15, 0.2) is 54.7 Å². The van der Waals surface area contributed by atoms with Gasteiger partial charge in [-0.25, -0.2) is 0 Å².